The number of carbonyl (C=O) groups is 1. The zero-order valence-corrected chi connectivity index (χ0v) is 17.7. The van der Waals surface area contributed by atoms with Crippen LogP contribution >= 0.6 is 23.4 Å². The highest BCUT2D eigenvalue weighted by Gasteiger charge is 2.28. The van der Waals surface area contributed by atoms with Crippen molar-refractivity contribution in [3.8, 4) is 0 Å². The van der Waals surface area contributed by atoms with Crippen molar-refractivity contribution in [1.29, 1.82) is 0 Å². The van der Waals surface area contributed by atoms with Crippen molar-refractivity contribution in [3.63, 3.8) is 0 Å². The third-order valence-corrected chi connectivity index (χ3v) is 7.16. The maximum atomic E-state index is 12.8. The molecule has 2 saturated heterocycles. The molecule has 0 bridgehead atoms. The fraction of sp³-hybridized carbons (Fsp3) is 0.435. The van der Waals surface area contributed by atoms with Crippen molar-refractivity contribution < 1.29 is 4.79 Å². The molecule has 0 spiro atoms. The predicted molar refractivity (Wildman–Crippen MR) is 117 cm³/mol. The molecule has 0 aromatic heterocycles. The van der Waals surface area contributed by atoms with Crippen LogP contribution in [0.5, 0.6) is 0 Å². The SMILES string of the molecule is O=C(c1ccc(CSc2ccc(Cl)cc2)cc1)N1CCC(N2CCCC2)CC1. The van der Waals surface area contributed by atoms with Crippen molar-refractivity contribution in [1.82, 2.24) is 9.80 Å². The van der Waals surface area contributed by atoms with Gasteiger partial charge in [0, 0.05) is 40.4 Å². The van der Waals surface area contributed by atoms with Crippen molar-refractivity contribution in [2.45, 2.75) is 42.4 Å². The first-order valence-electron chi connectivity index (χ1n) is 10.2. The molecule has 0 atom stereocenters. The number of hydrogen-bond donors (Lipinski definition) is 0. The van der Waals surface area contributed by atoms with E-state index in [2.05, 4.69) is 17.0 Å². The van der Waals surface area contributed by atoms with E-state index in [0.717, 1.165) is 42.3 Å². The van der Waals surface area contributed by atoms with Crippen LogP contribution in [0, 0.1) is 0 Å². The second-order valence-corrected chi connectivity index (χ2v) is 9.19. The highest BCUT2D eigenvalue weighted by Crippen LogP contribution is 2.25. The van der Waals surface area contributed by atoms with Gasteiger partial charge in [-0.3, -0.25) is 4.79 Å². The minimum Gasteiger partial charge on any atom is -0.339 e. The molecule has 2 heterocycles. The molecule has 3 nitrogen and oxygen atoms in total. The Bertz CT molecular complexity index is 779. The lowest BCUT2D eigenvalue weighted by molar-refractivity contribution is 0.0644. The molecular formula is C23H27ClN2OS. The normalized spacial score (nSPS) is 18.5. The minimum absolute atomic E-state index is 0.178. The summed E-state index contributed by atoms with van der Waals surface area (Å²) in [5.41, 5.74) is 2.03. The first-order chi connectivity index (χ1) is 13.7. The zero-order valence-electron chi connectivity index (χ0n) is 16.1. The van der Waals surface area contributed by atoms with Crippen LogP contribution in [-0.2, 0) is 5.75 Å². The number of hydrogen-bond acceptors (Lipinski definition) is 3. The number of rotatable bonds is 5. The van der Waals surface area contributed by atoms with E-state index >= 15 is 0 Å². The molecule has 4 rings (SSSR count). The summed E-state index contributed by atoms with van der Waals surface area (Å²) in [6, 6.07) is 16.7. The molecule has 28 heavy (non-hydrogen) atoms. The fourth-order valence-corrected chi connectivity index (χ4v) is 5.14. The van der Waals surface area contributed by atoms with Crippen LogP contribution in [0.1, 0.15) is 41.6 Å². The van der Waals surface area contributed by atoms with Crippen molar-refractivity contribution in [2.75, 3.05) is 26.2 Å². The molecule has 2 aromatic rings. The van der Waals surface area contributed by atoms with E-state index in [1.807, 2.05) is 41.3 Å². The highest BCUT2D eigenvalue weighted by molar-refractivity contribution is 7.98. The van der Waals surface area contributed by atoms with Gasteiger partial charge in [0.2, 0.25) is 0 Å². The van der Waals surface area contributed by atoms with Crippen LogP contribution in [-0.4, -0.2) is 47.9 Å². The highest BCUT2D eigenvalue weighted by atomic mass is 35.5. The fourth-order valence-electron chi connectivity index (χ4n) is 4.16. The molecule has 2 aromatic carbocycles. The maximum Gasteiger partial charge on any atom is 0.253 e. The van der Waals surface area contributed by atoms with Gasteiger partial charge >= 0.3 is 0 Å². The third-order valence-electron chi connectivity index (χ3n) is 5.83. The van der Waals surface area contributed by atoms with E-state index in [4.69, 9.17) is 11.6 Å². The Balaban J connectivity index is 1.28. The van der Waals surface area contributed by atoms with E-state index in [-0.39, 0.29) is 5.91 Å². The lowest BCUT2D eigenvalue weighted by Gasteiger charge is -2.36. The molecule has 0 N–H and O–H groups in total. The Morgan fingerprint density at radius 3 is 2.21 bits per heavy atom. The van der Waals surface area contributed by atoms with Crippen LogP contribution in [0.25, 0.3) is 0 Å². The number of benzene rings is 2. The molecule has 0 aliphatic carbocycles. The van der Waals surface area contributed by atoms with Crippen LogP contribution < -0.4 is 0 Å². The second-order valence-electron chi connectivity index (χ2n) is 7.71. The number of halogens is 1. The Morgan fingerprint density at radius 1 is 0.929 bits per heavy atom. The van der Waals surface area contributed by atoms with E-state index in [9.17, 15) is 4.79 Å². The predicted octanol–water partition coefficient (Wildman–Crippen LogP) is 5.33. The largest absolute Gasteiger partial charge is 0.339 e. The van der Waals surface area contributed by atoms with Crippen molar-refractivity contribution in [2.24, 2.45) is 0 Å². The number of amides is 1. The number of carbonyl (C=O) groups excluding carboxylic acids is 1. The number of thioether (sulfide) groups is 1. The summed E-state index contributed by atoms with van der Waals surface area (Å²) < 4.78 is 0. The van der Waals surface area contributed by atoms with Gasteiger partial charge in [0.15, 0.2) is 0 Å². The van der Waals surface area contributed by atoms with Gasteiger partial charge in [0.05, 0.1) is 0 Å². The van der Waals surface area contributed by atoms with Crippen LogP contribution in [0.3, 0.4) is 0 Å². The van der Waals surface area contributed by atoms with Crippen LogP contribution in [0.2, 0.25) is 5.02 Å². The Kier molecular flexibility index (Phi) is 6.61. The summed E-state index contributed by atoms with van der Waals surface area (Å²) >= 11 is 7.71. The lowest BCUT2D eigenvalue weighted by Crippen LogP contribution is -2.45. The van der Waals surface area contributed by atoms with Gasteiger partial charge in [-0.05, 0) is 80.7 Å². The molecule has 1 amide bonds. The molecule has 5 heteroatoms. The van der Waals surface area contributed by atoms with Gasteiger partial charge in [-0.1, -0.05) is 23.7 Å². The van der Waals surface area contributed by atoms with Crippen molar-refractivity contribution in [3.05, 3.63) is 64.7 Å². The molecule has 2 aliphatic heterocycles. The van der Waals surface area contributed by atoms with Crippen molar-refractivity contribution >= 4 is 29.3 Å². The minimum atomic E-state index is 0.178. The lowest BCUT2D eigenvalue weighted by atomic mass is 10.0. The van der Waals surface area contributed by atoms with Gasteiger partial charge in [0.1, 0.15) is 0 Å². The first-order valence-corrected chi connectivity index (χ1v) is 11.6. The average Bonchev–Trinajstić information content (AvgIpc) is 3.28. The number of piperidine rings is 1. The summed E-state index contributed by atoms with van der Waals surface area (Å²) in [6.45, 7) is 4.25. The Morgan fingerprint density at radius 2 is 1.57 bits per heavy atom. The van der Waals surface area contributed by atoms with E-state index in [1.54, 1.807) is 11.8 Å². The van der Waals surface area contributed by atoms with Gasteiger partial charge in [-0.2, -0.15) is 0 Å². The smallest absolute Gasteiger partial charge is 0.253 e. The summed E-state index contributed by atoms with van der Waals surface area (Å²) in [6.07, 6.45) is 4.90. The van der Waals surface area contributed by atoms with Gasteiger partial charge in [-0.25, -0.2) is 0 Å². The molecular weight excluding hydrogens is 388 g/mol. The summed E-state index contributed by atoms with van der Waals surface area (Å²) in [5.74, 6) is 1.06. The molecule has 2 fully saturated rings. The number of nitrogens with zero attached hydrogens (tertiary/aromatic N) is 2. The van der Waals surface area contributed by atoms with Gasteiger partial charge in [0.25, 0.3) is 5.91 Å². The molecule has 0 unspecified atom stereocenters. The molecule has 0 saturated carbocycles. The van der Waals surface area contributed by atoms with Crippen LogP contribution in [0.4, 0.5) is 0 Å². The second kappa shape index (κ2) is 9.34. The molecule has 2 aliphatic rings. The van der Waals surface area contributed by atoms with E-state index in [0.29, 0.717) is 6.04 Å². The Labute approximate surface area is 177 Å². The summed E-state index contributed by atoms with van der Waals surface area (Å²) in [5, 5.41) is 0.761. The van der Waals surface area contributed by atoms with E-state index < -0.39 is 0 Å². The average molecular weight is 415 g/mol. The standard InChI is InChI=1S/C23H27ClN2OS/c24-20-7-9-22(10-8-20)28-17-18-3-5-19(6-4-18)23(27)26-15-11-21(12-16-26)25-13-1-2-14-25/h3-10,21H,1-2,11-17H2. The van der Waals surface area contributed by atoms with Gasteiger partial charge in [-0.15, -0.1) is 11.8 Å². The monoisotopic (exact) mass is 414 g/mol. The molecule has 148 valence electrons. The first kappa shape index (κ1) is 19.8. The van der Waals surface area contributed by atoms with Crippen LogP contribution in [0.15, 0.2) is 53.4 Å². The van der Waals surface area contributed by atoms with Gasteiger partial charge < -0.3 is 9.80 Å². The van der Waals surface area contributed by atoms with E-state index in [1.165, 1.54) is 36.4 Å². The zero-order chi connectivity index (χ0) is 19.3. The summed E-state index contributed by atoms with van der Waals surface area (Å²) in [4.78, 5) is 18.7. The Hall–Kier alpha value is -1.49. The summed E-state index contributed by atoms with van der Waals surface area (Å²) in [7, 11) is 0. The number of likely N-dealkylation sites (tertiary alicyclic amines) is 2. The maximum absolute atomic E-state index is 12.8. The third kappa shape index (κ3) is 4.91. The quantitative estimate of drug-likeness (QED) is 0.617. The topological polar surface area (TPSA) is 23.6 Å². The molecule has 0 radical (unpaired) electrons.